The standard InChI is InChI=1S/C18H11Cl2O2P/c19-14-8-5-9-15(20)18(14)23(21)17-11-4-2-7-13(17)12-6-1-3-10-16(12)22-23/h1-11H. The van der Waals surface area contributed by atoms with E-state index in [2.05, 4.69) is 0 Å². The van der Waals surface area contributed by atoms with E-state index in [0.717, 1.165) is 11.1 Å². The van der Waals surface area contributed by atoms with Crippen LogP contribution in [0, 0.1) is 0 Å². The molecule has 4 rings (SSSR count). The minimum Gasteiger partial charge on any atom is -0.436 e. The molecule has 1 aliphatic heterocycles. The maximum atomic E-state index is 13.9. The van der Waals surface area contributed by atoms with Crippen molar-refractivity contribution >= 4 is 41.2 Å². The molecule has 0 amide bonds. The van der Waals surface area contributed by atoms with Gasteiger partial charge in [-0.3, -0.25) is 4.57 Å². The van der Waals surface area contributed by atoms with Crippen molar-refractivity contribution in [3.05, 3.63) is 76.8 Å². The predicted octanol–water partition coefficient (Wildman–Crippen LogP) is 5.28. The first-order valence-electron chi connectivity index (χ1n) is 7.04. The van der Waals surface area contributed by atoms with Gasteiger partial charge in [-0.15, -0.1) is 0 Å². The number of benzene rings is 3. The molecule has 3 aromatic carbocycles. The lowest BCUT2D eigenvalue weighted by Crippen LogP contribution is -2.26. The molecule has 0 aromatic heterocycles. The second kappa shape index (κ2) is 5.42. The van der Waals surface area contributed by atoms with Crippen LogP contribution in [0.15, 0.2) is 66.7 Å². The normalized spacial score (nSPS) is 18.7. The van der Waals surface area contributed by atoms with Crippen molar-refractivity contribution in [1.29, 1.82) is 0 Å². The summed E-state index contributed by atoms with van der Waals surface area (Å²) < 4.78 is 19.9. The lowest BCUT2D eigenvalue weighted by molar-refractivity contribution is 0.502. The smallest absolute Gasteiger partial charge is 0.310 e. The van der Waals surface area contributed by atoms with Gasteiger partial charge in [0.1, 0.15) is 5.75 Å². The topological polar surface area (TPSA) is 26.3 Å². The molecule has 1 heterocycles. The Labute approximate surface area is 144 Å². The van der Waals surface area contributed by atoms with Gasteiger partial charge in [-0.25, -0.2) is 0 Å². The summed E-state index contributed by atoms with van der Waals surface area (Å²) in [5, 5.41) is 1.66. The van der Waals surface area contributed by atoms with Crippen LogP contribution in [0.5, 0.6) is 5.75 Å². The van der Waals surface area contributed by atoms with Crippen LogP contribution in [0.3, 0.4) is 0 Å². The molecule has 1 unspecified atom stereocenters. The van der Waals surface area contributed by atoms with E-state index in [4.69, 9.17) is 27.7 Å². The first-order chi connectivity index (χ1) is 11.1. The third-order valence-electron chi connectivity index (χ3n) is 3.86. The third-order valence-corrected chi connectivity index (χ3v) is 7.30. The first-order valence-corrected chi connectivity index (χ1v) is 9.42. The Morgan fingerprint density at radius 3 is 2.09 bits per heavy atom. The lowest BCUT2D eigenvalue weighted by atomic mass is 10.0. The van der Waals surface area contributed by atoms with Gasteiger partial charge in [0.25, 0.3) is 0 Å². The van der Waals surface area contributed by atoms with Crippen LogP contribution < -0.4 is 15.1 Å². The van der Waals surface area contributed by atoms with Crippen LogP contribution in [0.25, 0.3) is 11.1 Å². The number of rotatable bonds is 1. The summed E-state index contributed by atoms with van der Waals surface area (Å²) in [5.41, 5.74) is 1.80. The van der Waals surface area contributed by atoms with Crippen LogP contribution in [-0.4, -0.2) is 0 Å². The highest BCUT2D eigenvalue weighted by Crippen LogP contribution is 2.55. The molecule has 0 fully saturated rings. The van der Waals surface area contributed by atoms with Crippen molar-refractivity contribution in [2.75, 3.05) is 0 Å². The molecule has 0 N–H and O–H groups in total. The fourth-order valence-corrected chi connectivity index (χ4v) is 6.29. The largest absolute Gasteiger partial charge is 0.436 e. The van der Waals surface area contributed by atoms with Gasteiger partial charge in [0.2, 0.25) is 0 Å². The maximum Gasteiger partial charge on any atom is 0.310 e. The maximum absolute atomic E-state index is 13.9. The van der Waals surface area contributed by atoms with Crippen LogP contribution >= 0.6 is 30.6 Å². The van der Waals surface area contributed by atoms with E-state index < -0.39 is 7.37 Å². The molecule has 0 saturated heterocycles. The molecule has 2 nitrogen and oxygen atoms in total. The highest BCUT2D eigenvalue weighted by atomic mass is 35.5. The van der Waals surface area contributed by atoms with Gasteiger partial charge in [0.15, 0.2) is 0 Å². The van der Waals surface area contributed by atoms with Crippen molar-refractivity contribution < 1.29 is 9.09 Å². The zero-order valence-electron chi connectivity index (χ0n) is 11.9. The molecule has 1 aliphatic rings. The van der Waals surface area contributed by atoms with Gasteiger partial charge < -0.3 is 4.52 Å². The van der Waals surface area contributed by atoms with Crippen molar-refractivity contribution in [3.8, 4) is 16.9 Å². The van der Waals surface area contributed by atoms with Crippen molar-refractivity contribution in [1.82, 2.24) is 0 Å². The fourth-order valence-electron chi connectivity index (χ4n) is 2.85. The minimum absolute atomic E-state index is 0.343. The van der Waals surface area contributed by atoms with Crippen LogP contribution in [0.2, 0.25) is 10.0 Å². The zero-order chi connectivity index (χ0) is 16.0. The summed E-state index contributed by atoms with van der Waals surface area (Å²) in [6.45, 7) is 0. The molecule has 5 heteroatoms. The predicted molar refractivity (Wildman–Crippen MR) is 95.8 cm³/mol. The SMILES string of the molecule is O=P1(c2c(Cl)cccc2Cl)Oc2ccccc2-c2ccccc21. The van der Waals surface area contributed by atoms with Gasteiger partial charge in [0, 0.05) is 5.56 Å². The third kappa shape index (κ3) is 2.21. The quantitative estimate of drug-likeness (QED) is 0.551. The summed E-state index contributed by atoms with van der Waals surface area (Å²) in [7, 11) is -3.43. The van der Waals surface area contributed by atoms with Crippen LogP contribution in [-0.2, 0) is 4.57 Å². The van der Waals surface area contributed by atoms with Crippen molar-refractivity contribution in [2.45, 2.75) is 0 Å². The van der Waals surface area contributed by atoms with E-state index in [1.165, 1.54) is 0 Å². The second-order valence-corrected chi connectivity index (χ2v) is 8.26. The van der Waals surface area contributed by atoms with Crippen LogP contribution in [0.1, 0.15) is 0 Å². The van der Waals surface area contributed by atoms with Gasteiger partial charge >= 0.3 is 7.37 Å². The molecule has 0 saturated carbocycles. The molecule has 23 heavy (non-hydrogen) atoms. The van der Waals surface area contributed by atoms with E-state index >= 15 is 0 Å². The van der Waals surface area contributed by atoms with Gasteiger partial charge in [0.05, 0.1) is 20.7 Å². The number of halogens is 2. The second-order valence-electron chi connectivity index (χ2n) is 5.23. The highest BCUT2D eigenvalue weighted by Gasteiger charge is 2.40. The van der Waals surface area contributed by atoms with Gasteiger partial charge in [-0.2, -0.15) is 0 Å². The summed E-state index contributed by atoms with van der Waals surface area (Å²) >= 11 is 12.6. The number of fused-ring (bicyclic) bond motifs is 3. The number of hydrogen-bond donors (Lipinski definition) is 0. The molecule has 1 atom stereocenters. The average molecular weight is 361 g/mol. The summed E-state index contributed by atoms with van der Waals surface area (Å²) in [5.74, 6) is 0.575. The Kier molecular flexibility index (Phi) is 3.50. The van der Waals surface area contributed by atoms with E-state index in [1.54, 1.807) is 18.2 Å². The Bertz CT molecular complexity index is 948. The molecule has 0 radical (unpaired) electrons. The lowest BCUT2D eigenvalue weighted by Gasteiger charge is -2.29. The Hall–Kier alpha value is -1.73. The highest BCUT2D eigenvalue weighted by molar-refractivity contribution is 7.75. The van der Waals surface area contributed by atoms with E-state index in [-0.39, 0.29) is 0 Å². The number of hydrogen-bond acceptors (Lipinski definition) is 2. The fraction of sp³-hybridized carbons (Fsp3) is 0. The van der Waals surface area contributed by atoms with Gasteiger partial charge in [-0.1, -0.05) is 65.7 Å². The molecule has 0 aliphatic carbocycles. The molecule has 3 aromatic rings. The van der Waals surface area contributed by atoms with Gasteiger partial charge in [-0.05, 0) is 29.8 Å². The monoisotopic (exact) mass is 360 g/mol. The Morgan fingerprint density at radius 2 is 1.35 bits per heavy atom. The minimum atomic E-state index is -3.43. The Balaban J connectivity index is 2.07. The summed E-state index contributed by atoms with van der Waals surface area (Å²) in [6, 6.07) is 20.1. The van der Waals surface area contributed by atoms with E-state index in [1.807, 2.05) is 48.5 Å². The Morgan fingerprint density at radius 1 is 0.739 bits per heavy atom. The van der Waals surface area contributed by atoms with Crippen LogP contribution in [0.4, 0.5) is 0 Å². The van der Waals surface area contributed by atoms with E-state index in [0.29, 0.717) is 26.4 Å². The van der Waals surface area contributed by atoms with E-state index in [9.17, 15) is 4.57 Å². The molecule has 114 valence electrons. The van der Waals surface area contributed by atoms with Crippen molar-refractivity contribution in [2.24, 2.45) is 0 Å². The summed E-state index contributed by atoms with van der Waals surface area (Å²) in [6.07, 6.45) is 0. The van der Waals surface area contributed by atoms with Crippen molar-refractivity contribution in [3.63, 3.8) is 0 Å². The first kappa shape index (κ1) is 14.8. The number of para-hydroxylation sites is 1. The average Bonchev–Trinajstić information content (AvgIpc) is 2.55. The molecular formula is C18H11Cl2O2P. The summed E-state index contributed by atoms with van der Waals surface area (Å²) in [4.78, 5) is 0. The zero-order valence-corrected chi connectivity index (χ0v) is 14.3. The molecular weight excluding hydrogens is 350 g/mol. The molecule has 0 spiro atoms. The molecule has 0 bridgehead atoms.